The number of aryl methyl sites for hydroxylation is 1. The lowest BCUT2D eigenvalue weighted by molar-refractivity contribution is 0.602. The fourth-order valence-electron chi connectivity index (χ4n) is 1.50. The molecule has 0 aliphatic carbocycles. The van der Waals surface area contributed by atoms with Crippen LogP contribution in [0, 0.1) is 6.92 Å². The molecule has 0 radical (unpaired) electrons. The van der Waals surface area contributed by atoms with Gasteiger partial charge < -0.3 is 5.32 Å². The molecule has 0 atom stereocenters. The first-order chi connectivity index (χ1) is 8.45. The van der Waals surface area contributed by atoms with Gasteiger partial charge in [-0.25, -0.2) is 13.4 Å². The Bertz CT molecular complexity index is 630. The number of thiazole rings is 1. The molecule has 0 fully saturated rings. The van der Waals surface area contributed by atoms with Gasteiger partial charge in [0.15, 0.2) is 9.84 Å². The maximum Gasteiger partial charge on any atom is 0.175 e. The molecule has 0 bridgehead atoms. The van der Waals surface area contributed by atoms with Crippen molar-refractivity contribution < 1.29 is 8.42 Å². The van der Waals surface area contributed by atoms with Gasteiger partial charge >= 0.3 is 0 Å². The Labute approximate surface area is 111 Å². The van der Waals surface area contributed by atoms with Crippen molar-refractivity contribution in [3.63, 3.8) is 0 Å². The maximum atomic E-state index is 11.3. The van der Waals surface area contributed by atoms with Gasteiger partial charge in [-0.2, -0.15) is 0 Å². The van der Waals surface area contributed by atoms with Crippen molar-refractivity contribution in [1.29, 1.82) is 0 Å². The first-order valence-electron chi connectivity index (χ1n) is 5.40. The van der Waals surface area contributed by atoms with E-state index in [4.69, 9.17) is 0 Å². The second-order valence-electron chi connectivity index (χ2n) is 4.01. The summed E-state index contributed by atoms with van der Waals surface area (Å²) in [7, 11) is -3.12. The van der Waals surface area contributed by atoms with Crippen LogP contribution in [-0.4, -0.2) is 19.7 Å². The van der Waals surface area contributed by atoms with Crippen LogP contribution in [0.15, 0.2) is 34.5 Å². The second-order valence-corrected chi connectivity index (χ2v) is 7.09. The summed E-state index contributed by atoms with van der Waals surface area (Å²) < 4.78 is 22.6. The third-order valence-corrected chi connectivity index (χ3v) is 4.37. The van der Waals surface area contributed by atoms with Crippen molar-refractivity contribution in [2.45, 2.75) is 18.4 Å². The van der Waals surface area contributed by atoms with E-state index in [1.54, 1.807) is 35.6 Å². The van der Waals surface area contributed by atoms with Gasteiger partial charge in [0.1, 0.15) is 0 Å². The largest absolute Gasteiger partial charge is 0.379 e. The minimum absolute atomic E-state index is 0.331. The van der Waals surface area contributed by atoms with Gasteiger partial charge in [-0.05, 0) is 31.2 Å². The van der Waals surface area contributed by atoms with Gasteiger partial charge in [0, 0.05) is 17.3 Å². The number of hydrogen-bond acceptors (Lipinski definition) is 5. The quantitative estimate of drug-likeness (QED) is 0.936. The topological polar surface area (TPSA) is 59.1 Å². The van der Waals surface area contributed by atoms with E-state index in [9.17, 15) is 8.42 Å². The second kappa shape index (κ2) is 5.07. The first-order valence-corrected chi connectivity index (χ1v) is 8.17. The number of hydrogen-bond donors (Lipinski definition) is 1. The standard InChI is InChI=1S/C12H14N2O2S2/c1-9-14-11(8-17-9)7-13-10-3-5-12(6-4-10)18(2,15)16/h3-6,8,13H,7H2,1-2H3. The van der Waals surface area contributed by atoms with Crippen molar-refractivity contribution in [3.8, 4) is 0 Å². The van der Waals surface area contributed by atoms with Crippen LogP contribution in [0.4, 0.5) is 5.69 Å². The van der Waals surface area contributed by atoms with Gasteiger partial charge in [-0.15, -0.1) is 11.3 Å². The molecule has 0 saturated carbocycles. The molecule has 18 heavy (non-hydrogen) atoms. The SMILES string of the molecule is Cc1nc(CNc2ccc(S(C)(=O)=O)cc2)cs1. The molecule has 1 aromatic heterocycles. The Hall–Kier alpha value is -1.40. The van der Waals surface area contributed by atoms with Gasteiger partial charge in [0.25, 0.3) is 0 Å². The summed E-state index contributed by atoms with van der Waals surface area (Å²) in [6, 6.07) is 6.72. The van der Waals surface area contributed by atoms with Crippen LogP contribution in [0.3, 0.4) is 0 Å². The fourth-order valence-corrected chi connectivity index (χ4v) is 2.75. The number of aromatic nitrogens is 1. The zero-order chi connectivity index (χ0) is 13.2. The summed E-state index contributed by atoms with van der Waals surface area (Å²) >= 11 is 1.61. The molecule has 1 heterocycles. The molecule has 0 unspecified atom stereocenters. The molecule has 0 spiro atoms. The van der Waals surface area contributed by atoms with E-state index in [1.807, 2.05) is 12.3 Å². The predicted octanol–water partition coefficient (Wildman–Crippen LogP) is 2.47. The molecule has 2 rings (SSSR count). The van der Waals surface area contributed by atoms with Gasteiger partial charge in [0.2, 0.25) is 0 Å². The first kappa shape index (κ1) is 13.0. The normalized spacial score (nSPS) is 11.4. The van der Waals surface area contributed by atoms with Crippen LogP contribution < -0.4 is 5.32 Å². The van der Waals surface area contributed by atoms with E-state index in [2.05, 4.69) is 10.3 Å². The zero-order valence-corrected chi connectivity index (χ0v) is 11.8. The Morgan fingerprint density at radius 1 is 1.28 bits per heavy atom. The molecular formula is C12H14N2O2S2. The lowest BCUT2D eigenvalue weighted by atomic mass is 10.3. The number of sulfone groups is 1. The van der Waals surface area contributed by atoms with Crippen molar-refractivity contribution >= 4 is 26.9 Å². The molecule has 1 aromatic carbocycles. The highest BCUT2D eigenvalue weighted by Gasteiger charge is 2.06. The summed E-state index contributed by atoms with van der Waals surface area (Å²) in [6.45, 7) is 2.61. The Balaban J connectivity index is 2.03. The van der Waals surface area contributed by atoms with Crippen molar-refractivity contribution in [3.05, 3.63) is 40.3 Å². The van der Waals surface area contributed by atoms with Gasteiger partial charge in [0.05, 0.1) is 22.1 Å². The summed E-state index contributed by atoms with van der Waals surface area (Å²) in [5, 5.41) is 6.25. The van der Waals surface area contributed by atoms with E-state index in [0.717, 1.165) is 16.4 Å². The van der Waals surface area contributed by atoms with Crippen LogP contribution in [0.1, 0.15) is 10.7 Å². The molecule has 1 N–H and O–H groups in total. The predicted molar refractivity (Wildman–Crippen MR) is 73.7 cm³/mol. The van der Waals surface area contributed by atoms with E-state index in [0.29, 0.717) is 11.4 Å². The molecule has 0 aliphatic heterocycles. The molecule has 4 nitrogen and oxygen atoms in total. The van der Waals surface area contributed by atoms with E-state index >= 15 is 0 Å². The van der Waals surface area contributed by atoms with Crippen molar-refractivity contribution in [1.82, 2.24) is 4.98 Å². The molecule has 0 aliphatic rings. The number of nitrogens with one attached hydrogen (secondary N) is 1. The highest BCUT2D eigenvalue weighted by molar-refractivity contribution is 7.90. The summed E-state index contributed by atoms with van der Waals surface area (Å²) in [5.41, 5.74) is 1.87. The third-order valence-electron chi connectivity index (χ3n) is 2.42. The van der Waals surface area contributed by atoms with E-state index in [-0.39, 0.29) is 0 Å². The molecule has 96 valence electrons. The van der Waals surface area contributed by atoms with Crippen LogP contribution in [-0.2, 0) is 16.4 Å². The number of nitrogens with zero attached hydrogens (tertiary/aromatic N) is 1. The fraction of sp³-hybridized carbons (Fsp3) is 0.250. The van der Waals surface area contributed by atoms with Gasteiger partial charge in [-0.3, -0.25) is 0 Å². The molecule has 6 heteroatoms. The minimum atomic E-state index is -3.12. The minimum Gasteiger partial charge on any atom is -0.379 e. The Kier molecular flexibility index (Phi) is 3.68. The zero-order valence-electron chi connectivity index (χ0n) is 10.2. The van der Waals surface area contributed by atoms with E-state index in [1.165, 1.54) is 6.26 Å². The number of benzene rings is 1. The highest BCUT2D eigenvalue weighted by Crippen LogP contribution is 2.15. The van der Waals surface area contributed by atoms with Gasteiger partial charge in [-0.1, -0.05) is 0 Å². The summed E-state index contributed by atoms with van der Waals surface area (Å²) in [4.78, 5) is 4.67. The van der Waals surface area contributed by atoms with Crippen LogP contribution in [0.25, 0.3) is 0 Å². The molecular weight excluding hydrogens is 268 g/mol. The average Bonchev–Trinajstić information content (AvgIpc) is 2.72. The van der Waals surface area contributed by atoms with Crippen molar-refractivity contribution in [2.75, 3.05) is 11.6 Å². The van der Waals surface area contributed by atoms with Crippen molar-refractivity contribution in [2.24, 2.45) is 0 Å². The molecule has 2 aromatic rings. The smallest absolute Gasteiger partial charge is 0.175 e. The van der Waals surface area contributed by atoms with Crippen LogP contribution >= 0.6 is 11.3 Å². The Morgan fingerprint density at radius 3 is 2.44 bits per heavy atom. The van der Waals surface area contributed by atoms with Crippen LogP contribution in [0.2, 0.25) is 0 Å². The van der Waals surface area contributed by atoms with E-state index < -0.39 is 9.84 Å². The number of anilines is 1. The average molecular weight is 282 g/mol. The highest BCUT2D eigenvalue weighted by atomic mass is 32.2. The number of rotatable bonds is 4. The summed E-state index contributed by atoms with van der Waals surface area (Å²) in [5.74, 6) is 0. The lowest BCUT2D eigenvalue weighted by Gasteiger charge is -2.05. The lowest BCUT2D eigenvalue weighted by Crippen LogP contribution is -2.01. The Morgan fingerprint density at radius 2 is 1.94 bits per heavy atom. The van der Waals surface area contributed by atoms with Crippen LogP contribution in [0.5, 0.6) is 0 Å². The molecule has 0 amide bonds. The third kappa shape index (κ3) is 3.30. The summed E-state index contributed by atoms with van der Waals surface area (Å²) in [6.07, 6.45) is 1.20. The maximum absolute atomic E-state index is 11.3. The monoisotopic (exact) mass is 282 g/mol. The molecule has 0 saturated heterocycles.